The normalized spacial score (nSPS) is 18.7. The zero-order chi connectivity index (χ0) is 29.8. The molecule has 3 aliphatic rings. The monoisotopic (exact) mass is 591 g/mol. The Labute approximate surface area is 236 Å². The van der Waals surface area contributed by atoms with Crippen molar-refractivity contribution in [3.05, 3.63) is 71.6 Å². The van der Waals surface area contributed by atoms with Crippen LogP contribution in [0, 0.1) is 11.6 Å². The average Bonchev–Trinajstić information content (AvgIpc) is 2.90. The molecule has 0 bridgehead atoms. The molecule has 5 rings (SSSR count). The van der Waals surface area contributed by atoms with Crippen LogP contribution >= 0.6 is 11.8 Å². The van der Waals surface area contributed by atoms with E-state index in [1.807, 2.05) is 0 Å². The van der Waals surface area contributed by atoms with E-state index in [0.29, 0.717) is 17.5 Å². The van der Waals surface area contributed by atoms with Gasteiger partial charge in [0.05, 0.1) is 27.8 Å². The molecule has 0 aromatic heterocycles. The van der Waals surface area contributed by atoms with Gasteiger partial charge in [-0.05, 0) is 38.1 Å². The molecule has 41 heavy (non-hydrogen) atoms. The van der Waals surface area contributed by atoms with Crippen molar-refractivity contribution in [3.8, 4) is 11.1 Å². The number of methoxy groups -OCH3 is 1. The number of carbonyl (C=O) groups excluding carboxylic acids is 2. The summed E-state index contributed by atoms with van der Waals surface area (Å²) >= 11 is 1.00. The molecule has 0 N–H and O–H groups in total. The molecule has 0 unspecified atom stereocenters. The van der Waals surface area contributed by atoms with Crippen molar-refractivity contribution in [1.29, 1.82) is 0 Å². The fraction of sp³-hybridized carbons (Fsp3) is 0.286. The molecule has 0 spiro atoms. The topological polar surface area (TPSA) is 65.2 Å². The molecule has 1 atom stereocenters. The van der Waals surface area contributed by atoms with E-state index >= 15 is 4.39 Å². The number of carbonyl (C=O) groups is 2. The minimum atomic E-state index is -4.94. The lowest BCUT2D eigenvalue weighted by molar-refractivity contribution is -0.337. The molecular formula is C28H24F5N4O3S+. The summed E-state index contributed by atoms with van der Waals surface area (Å²) in [4.78, 5) is 33.1. The standard InChI is InChI=1S/C28H24F5N4O3S/c1-5-22(38)36-14(2)10-35(11-15(36)3)26-19-9-20(28(31,32)33)23(18-7-6-16(29)8-21(18)30)25-24(19)37(27(39)34-26)17(12-40-4)13-41-25/h5-10,15H,1,11-13H2,2-4H3/q+1/t15-/m1/s1. The van der Waals surface area contributed by atoms with Gasteiger partial charge in [-0.3, -0.25) is 4.79 Å². The van der Waals surface area contributed by atoms with E-state index < -0.39 is 46.6 Å². The minimum absolute atomic E-state index is 0.00116. The number of ether oxygens (including phenoxy) is 1. The summed E-state index contributed by atoms with van der Waals surface area (Å²) in [5.41, 5.74) is -1.06. The van der Waals surface area contributed by atoms with Crippen LogP contribution in [0.1, 0.15) is 25.0 Å². The van der Waals surface area contributed by atoms with E-state index in [1.165, 1.54) is 27.7 Å². The third kappa shape index (κ3) is 4.86. The second-order valence-electron chi connectivity index (χ2n) is 9.67. The van der Waals surface area contributed by atoms with E-state index in [2.05, 4.69) is 11.6 Å². The zero-order valence-corrected chi connectivity index (χ0v) is 23.0. The lowest BCUT2D eigenvalue weighted by atomic mass is 9.93. The number of aliphatic imine (C=N–C) groups is 1. The highest BCUT2D eigenvalue weighted by Gasteiger charge is 2.47. The summed E-state index contributed by atoms with van der Waals surface area (Å²) in [6, 6.07) is 2.02. The lowest BCUT2D eigenvalue weighted by Crippen LogP contribution is -2.49. The molecule has 7 nitrogen and oxygen atoms in total. The fourth-order valence-electron chi connectivity index (χ4n) is 5.36. The summed E-state index contributed by atoms with van der Waals surface area (Å²) in [5, 5.41) is 0. The Morgan fingerprint density at radius 3 is 2.61 bits per heavy atom. The molecule has 3 heterocycles. The minimum Gasteiger partial charge on any atom is -0.377 e. The SMILES string of the molecule is C=CC(=O)N1C(C)=CN(C2=NC(=O)[N+]3=C(COC)CSc4c(-c5ccc(F)cc5F)c(C(F)(F)F)cc2c43)C[C@H]1C. The van der Waals surface area contributed by atoms with E-state index in [-0.39, 0.29) is 46.8 Å². The zero-order valence-electron chi connectivity index (χ0n) is 22.2. The number of hydrogen-bond acceptors (Lipinski definition) is 5. The van der Waals surface area contributed by atoms with Crippen molar-refractivity contribution in [1.82, 2.24) is 9.80 Å². The summed E-state index contributed by atoms with van der Waals surface area (Å²) in [5.74, 6) is -2.43. The number of amidine groups is 1. The number of allylic oxidation sites excluding steroid dienone is 1. The van der Waals surface area contributed by atoms with Crippen LogP contribution in [0.3, 0.4) is 0 Å². The molecular weight excluding hydrogens is 567 g/mol. The molecule has 0 radical (unpaired) electrons. The number of halogens is 5. The Hall–Kier alpha value is -3.84. The van der Waals surface area contributed by atoms with Crippen molar-refractivity contribution in [3.63, 3.8) is 0 Å². The molecule has 0 saturated heterocycles. The average molecular weight is 592 g/mol. The van der Waals surface area contributed by atoms with Crippen LogP contribution < -0.4 is 0 Å². The van der Waals surface area contributed by atoms with Crippen LogP contribution in [-0.4, -0.2) is 69.9 Å². The Kier molecular flexibility index (Phi) is 7.36. The predicted molar refractivity (Wildman–Crippen MR) is 143 cm³/mol. The van der Waals surface area contributed by atoms with Crippen LogP contribution in [0.5, 0.6) is 0 Å². The second kappa shape index (κ2) is 10.5. The number of alkyl halides is 3. The number of hydrogen-bond donors (Lipinski definition) is 0. The second-order valence-corrected chi connectivity index (χ2v) is 10.7. The highest BCUT2D eigenvalue weighted by molar-refractivity contribution is 8.00. The molecule has 0 aliphatic carbocycles. The highest BCUT2D eigenvalue weighted by Crippen LogP contribution is 2.51. The Morgan fingerprint density at radius 2 is 2.00 bits per heavy atom. The van der Waals surface area contributed by atoms with Crippen molar-refractivity contribution in [2.24, 2.45) is 4.99 Å². The summed E-state index contributed by atoms with van der Waals surface area (Å²) in [7, 11) is 1.42. The number of rotatable bonds is 4. The first kappa shape index (κ1) is 28.7. The third-order valence-electron chi connectivity index (χ3n) is 6.94. The maximum Gasteiger partial charge on any atom is 0.547 e. The van der Waals surface area contributed by atoms with Crippen molar-refractivity contribution >= 4 is 40.9 Å². The van der Waals surface area contributed by atoms with E-state index in [4.69, 9.17) is 4.74 Å². The molecule has 13 heteroatoms. The van der Waals surface area contributed by atoms with E-state index in [0.717, 1.165) is 36.0 Å². The molecule has 2 aromatic carbocycles. The van der Waals surface area contributed by atoms with Gasteiger partial charge in [-0.25, -0.2) is 8.78 Å². The van der Waals surface area contributed by atoms with Crippen molar-refractivity contribution < 1.29 is 40.9 Å². The number of nitrogens with zero attached hydrogens (tertiary/aromatic N) is 4. The maximum atomic E-state index is 15.0. The largest absolute Gasteiger partial charge is 0.547 e. The molecule has 3 aliphatic heterocycles. The molecule has 214 valence electrons. The fourth-order valence-corrected chi connectivity index (χ4v) is 6.58. The number of thioether (sulfide) groups is 1. The van der Waals surface area contributed by atoms with Gasteiger partial charge in [-0.2, -0.15) is 22.5 Å². The quantitative estimate of drug-likeness (QED) is 0.250. The number of urea groups is 1. The van der Waals surface area contributed by atoms with Gasteiger partial charge in [0.15, 0.2) is 5.69 Å². The van der Waals surface area contributed by atoms with Gasteiger partial charge in [0.25, 0.3) is 5.84 Å². The van der Waals surface area contributed by atoms with Crippen LogP contribution in [0.4, 0.5) is 32.4 Å². The molecule has 3 amide bonds. The van der Waals surface area contributed by atoms with Gasteiger partial charge in [0.1, 0.15) is 24.0 Å². The van der Waals surface area contributed by atoms with Gasteiger partial charge in [0.2, 0.25) is 5.91 Å². The predicted octanol–water partition coefficient (Wildman–Crippen LogP) is 5.95. The van der Waals surface area contributed by atoms with Gasteiger partial charge in [-0.1, -0.05) is 6.58 Å². The smallest absolute Gasteiger partial charge is 0.377 e. The summed E-state index contributed by atoms with van der Waals surface area (Å²) in [6.45, 7) is 7.04. The number of amides is 3. The Balaban J connectivity index is 1.82. The van der Waals surface area contributed by atoms with E-state index in [9.17, 15) is 27.2 Å². The molecule has 0 saturated carbocycles. The van der Waals surface area contributed by atoms with Crippen molar-refractivity contribution in [2.75, 3.05) is 26.0 Å². The first-order chi connectivity index (χ1) is 19.4. The van der Waals surface area contributed by atoms with Crippen LogP contribution in [-0.2, 0) is 15.7 Å². The van der Waals surface area contributed by atoms with Gasteiger partial charge in [-0.15, -0.1) is 11.8 Å². The molecule has 0 fully saturated rings. The third-order valence-corrected chi connectivity index (χ3v) is 8.10. The van der Waals surface area contributed by atoms with Crippen molar-refractivity contribution in [2.45, 2.75) is 31.0 Å². The Bertz CT molecular complexity index is 1600. The first-order valence-electron chi connectivity index (χ1n) is 12.4. The molecule has 2 aromatic rings. The summed E-state index contributed by atoms with van der Waals surface area (Å²) < 4.78 is 79.2. The van der Waals surface area contributed by atoms with E-state index in [1.54, 1.807) is 13.8 Å². The van der Waals surface area contributed by atoms with Gasteiger partial charge < -0.3 is 14.5 Å². The number of benzene rings is 2. The van der Waals surface area contributed by atoms with Crippen LogP contribution in [0.25, 0.3) is 11.1 Å². The van der Waals surface area contributed by atoms with Crippen LogP contribution in [0.15, 0.2) is 58.7 Å². The first-order valence-corrected chi connectivity index (χ1v) is 13.4. The van der Waals surface area contributed by atoms with Crippen LogP contribution in [0.2, 0.25) is 0 Å². The summed E-state index contributed by atoms with van der Waals surface area (Å²) in [6.07, 6.45) is -2.25. The Morgan fingerprint density at radius 1 is 1.27 bits per heavy atom. The van der Waals surface area contributed by atoms with Gasteiger partial charge >= 0.3 is 12.2 Å². The lowest BCUT2D eigenvalue weighted by Gasteiger charge is -2.38. The maximum absolute atomic E-state index is 15.0. The highest BCUT2D eigenvalue weighted by atomic mass is 32.2. The van der Waals surface area contributed by atoms with Gasteiger partial charge in [0, 0.05) is 47.7 Å².